The van der Waals surface area contributed by atoms with Gasteiger partial charge in [-0.1, -0.05) is 6.08 Å². The number of nitrogens with one attached hydrogen (secondary N) is 2. The standard InChI is InChI=1S/C21H22F3N3O2/c22-21(23,24)9-7-17(28)13-3-1-12(2-4-13)16-11-18(27-20(29)14-5-6-14)26-19-15(16)8-10-25-19/h1,8,10-11,13-14H,2-7,9H2,(H2,25,26,27,29). The zero-order chi connectivity index (χ0) is 20.6. The van der Waals surface area contributed by atoms with Crippen molar-refractivity contribution in [2.75, 3.05) is 5.32 Å². The average Bonchev–Trinajstić information content (AvgIpc) is 3.43. The first-order chi connectivity index (χ1) is 13.8. The Kier molecular flexibility index (Phi) is 5.19. The quantitative estimate of drug-likeness (QED) is 0.710. The Morgan fingerprint density at radius 2 is 2.00 bits per heavy atom. The topological polar surface area (TPSA) is 74.8 Å². The highest BCUT2D eigenvalue weighted by molar-refractivity contribution is 5.97. The van der Waals surface area contributed by atoms with Crippen LogP contribution in [0.5, 0.6) is 0 Å². The van der Waals surface area contributed by atoms with Crippen molar-refractivity contribution in [3.8, 4) is 0 Å². The molecular weight excluding hydrogens is 383 g/mol. The maximum absolute atomic E-state index is 12.4. The molecular formula is C21H22F3N3O2. The van der Waals surface area contributed by atoms with Crippen LogP contribution in [-0.2, 0) is 9.59 Å². The van der Waals surface area contributed by atoms with Gasteiger partial charge >= 0.3 is 6.18 Å². The zero-order valence-corrected chi connectivity index (χ0v) is 15.8. The van der Waals surface area contributed by atoms with Gasteiger partial charge in [-0.05, 0) is 55.4 Å². The van der Waals surface area contributed by atoms with Crippen molar-refractivity contribution >= 4 is 34.1 Å². The summed E-state index contributed by atoms with van der Waals surface area (Å²) in [5.74, 6) is -0.161. The summed E-state index contributed by atoms with van der Waals surface area (Å²) in [5, 5.41) is 3.78. The minimum absolute atomic E-state index is 0.0256. The molecule has 5 nitrogen and oxygen atoms in total. The van der Waals surface area contributed by atoms with Gasteiger partial charge in [0.15, 0.2) is 0 Å². The Bertz CT molecular complexity index is 973. The molecule has 2 heterocycles. The van der Waals surface area contributed by atoms with E-state index in [4.69, 9.17) is 0 Å². The van der Waals surface area contributed by atoms with Crippen LogP contribution in [0.15, 0.2) is 24.4 Å². The van der Waals surface area contributed by atoms with Gasteiger partial charge in [-0.15, -0.1) is 0 Å². The predicted octanol–water partition coefficient (Wildman–Crippen LogP) is 5.01. The molecule has 0 saturated heterocycles. The Morgan fingerprint density at radius 1 is 1.21 bits per heavy atom. The van der Waals surface area contributed by atoms with Crippen molar-refractivity contribution in [3.63, 3.8) is 0 Å². The van der Waals surface area contributed by atoms with Gasteiger partial charge < -0.3 is 10.3 Å². The number of halogens is 3. The number of hydrogen-bond donors (Lipinski definition) is 2. The summed E-state index contributed by atoms with van der Waals surface area (Å²) in [4.78, 5) is 31.7. The van der Waals surface area contributed by atoms with Crippen LogP contribution in [0.25, 0.3) is 16.6 Å². The summed E-state index contributed by atoms with van der Waals surface area (Å²) in [5.41, 5.74) is 2.63. The van der Waals surface area contributed by atoms with Gasteiger partial charge in [-0.3, -0.25) is 9.59 Å². The molecule has 1 fully saturated rings. The molecule has 2 aromatic heterocycles. The van der Waals surface area contributed by atoms with Crippen molar-refractivity contribution in [1.82, 2.24) is 9.97 Å². The third kappa shape index (κ3) is 4.68. The number of pyridine rings is 1. The van der Waals surface area contributed by atoms with E-state index in [0.717, 1.165) is 29.4 Å². The number of ketones is 1. The van der Waals surface area contributed by atoms with Crippen molar-refractivity contribution in [2.24, 2.45) is 11.8 Å². The summed E-state index contributed by atoms with van der Waals surface area (Å²) in [6, 6.07) is 3.75. The summed E-state index contributed by atoms with van der Waals surface area (Å²) in [6.45, 7) is 0. The second-order valence-electron chi connectivity index (χ2n) is 7.84. The SMILES string of the molecule is O=C(CCC(F)(F)F)C1CC=C(c2cc(NC(=O)C3CC3)nc3[nH]ccc23)CC1. The molecule has 154 valence electrons. The smallest absolute Gasteiger partial charge is 0.346 e. The first-order valence-corrected chi connectivity index (χ1v) is 9.88. The van der Waals surface area contributed by atoms with E-state index >= 15 is 0 Å². The number of rotatable bonds is 6. The first-order valence-electron chi connectivity index (χ1n) is 9.88. The fourth-order valence-corrected chi connectivity index (χ4v) is 3.78. The van der Waals surface area contributed by atoms with E-state index in [1.807, 2.05) is 18.2 Å². The number of amides is 1. The van der Waals surface area contributed by atoms with E-state index < -0.39 is 19.0 Å². The number of Topliss-reactive ketones (excluding diaryl/α,β-unsaturated/α-hetero) is 1. The Hall–Kier alpha value is -2.64. The number of nitrogens with zero attached hydrogens (tertiary/aromatic N) is 1. The molecule has 2 aliphatic carbocycles. The molecule has 0 aromatic carbocycles. The van der Waals surface area contributed by atoms with E-state index in [0.29, 0.717) is 30.7 Å². The predicted molar refractivity (Wildman–Crippen MR) is 103 cm³/mol. The van der Waals surface area contributed by atoms with Crippen LogP contribution in [0.3, 0.4) is 0 Å². The monoisotopic (exact) mass is 405 g/mol. The normalized spacial score (nSPS) is 19.8. The molecule has 4 rings (SSSR count). The number of hydrogen-bond acceptors (Lipinski definition) is 3. The zero-order valence-electron chi connectivity index (χ0n) is 15.8. The number of H-pyrrole nitrogens is 1. The Morgan fingerprint density at radius 3 is 2.66 bits per heavy atom. The molecule has 1 unspecified atom stereocenters. The van der Waals surface area contributed by atoms with Gasteiger partial charge in [0, 0.05) is 29.8 Å². The van der Waals surface area contributed by atoms with Crippen LogP contribution in [0, 0.1) is 11.8 Å². The third-order valence-corrected chi connectivity index (χ3v) is 5.60. The largest absolute Gasteiger partial charge is 0.389 e. The van der Waals surface area contributed by atoms with E-state index in [9.17, 15) is 22.8 Å². The van der Waals surface area contributed by atoms with Crippen molar-refractivity contribution in [3.05, 3.63) is 30.0 Å². The molecule has 2 aromatic rings. The number of alkyl halides is 3. The number of carbonyl (C=O) groups is 2. The molecule has 29 heavy (non-hydrogen) atoms. The molecule has 8 heteroatoms. The Labute approximate surface area is 165 Å². The number of fused-ring (bicyclic) bond motifs is 1. The maximum atomic E-state index is 12.4. The second-order valence-corrected chi connectivity index (χ2v) is 7.84. The van der Waals surface area contributed by atoms with E-state index in [1.165, 1.54) is 0 Å². The highest BCUT2D eigenvalue weighted by Crippen LogP contribution is 2.36. The number of anilines is 1. The first kappa shape index (κ1) is 19.7. The van der Waals surface area contributed by atoms with Gasteiger partial charge in [0.2, 0.25) is 5.91 Å². The Balaban J connectivity index is 1.50. The summed E-state index contributed by atoms with van der Waals surface area (Å²) in [6.07, 6.45) is 1.27. The lowest BCUT2D eigenvalue weighted by atomic mass is 9.83. The molecule has 0 aliphatic heterocycles. The fourth-order valence-electron chi connectivity index (χ4n) is 3.78. The highest BCUT2D eigenvalue weighted by atomic mass is 19.4. The lowest BCUT2D eigenvalue weighted by Crippen LogP contribution is -2.19. The van der Waals surface area contributed by atoms with E-state index in [-0.39, 0.29) is 23.5 Å². The van der Waals surface area contributed by atoms with Crippen molar-refractivity contribution < 1.29 is 22.8 Å². The van der Waals surface area contributed by atoms with Gasteiger partial charge in [0.05, 0.1) is 6.42 Å². The van der Waals surface area contributed by atoms with Crippen LogP contribution in [0.2, 0.25) is 0 Å². The molecule has 2 aliphatic rings. The molecule has 1 atom stereocenters. The number of carbonyl (C=O) groups excluding carboxylic acids is 2. The third-order valence-electron chi connectivity index (χ3n) is 5.60. The summed E-state index contributed by atoms with van der Waals surface area (Å²) in [7, 11) is 0. The molecule has 0 radical (unpaired) electrons. The van der Waals surface area contributed by atoms with E-state index in [1.54, 1.807) is 6.20 Å². The van der Waals surface area contributed by atoms with Crippen LogP contribution in [0.4, 0.5) is 19.0 Å². The number of aromatic amines is 1. The van der Waals surface area contributed by atoms with Crippen molar-refractivity contribution in [1.29, 1.82) is 0 Å². The second kappa shape index (κ2) is 7.65. The van der Waals surface area contributed by atoms with Crippen LogP contribution < -0.4 is 5.32 Å². The number of allylic oxidation sites excluding steroid dienone is 2. The molecule has 2 N–H and O–H groups in total. The number of aromatic nitrogens is 2. The van der Waals surface area contributed by atoms with E-state index in [2.05, 4.69) is 15.3 Å². The van der Waals surface area contributed by atoms with Gasteiger partial charge in [-0.25, -0.2) is 4.98 Å². The molecule has 1 saturated carbocycles. The van der Waals surface area contributed by atoms with Gasteiger partial charge in [0.25, 0.3) is 0 Å². The van der Waals surface area contributed by atoms with Crippen LogP contribution in [0.1, 0.15) is 50.5 Å². The minimum atomic E-state index is -4.30. The lowest BCUT2D eigenvalue weighted by molar-refractivity contribution is -0.144. The fraction of sp³-hybridized carbons (Fsp3) is 0.476. The summed E-state index contributed by atoms with van der Waals surface area (Å²) >= 11 is 0. The van der Waals surface area contributed by atoms with Crippen LogP contribution >= 0.6 is 0 Å². The van der Waals surface area contributed by atoms with Crippen LogP contribution in [-0.4, -0.2) is 27.8 Å². The van der Waals surface area contributed by atoms with Crippen molar-refractivity contribution in [2.45, 2.75) is 51.1 Å². The molecule has 0 bridgehead atoms. The average molecular weight is 405 g/mol. The minimum Gasteiger partial charge on any atom is -0.346 e. The molecule has 0 spiro atoms. The maximum Gasteiger partial charge on any atom is 0.389 e. The highest BCUT2D eigenvalue weighted by Gasteiger charge is 2.31. The van der Waals surface area contributed by atoms with Gasteiger partial charge in [-0.2, -0.15) is 13.2 Å². The molecule has 1 amide bonds. The lowest BCUT2D eigenvalue weighted by Gasteiger charge is -2.22. The van der Waals surface area contributed by atoms with Gasteiger partial charge in [0.1, 0.15) is 17.2 Å². The summed E-state index contributed by atoms with van der Waals surface area (Å²) < 4.78 is 37.1.